The van der Waals surface area contributed by atoms with Crippen LogP contribution in [0.1, 0.15) is 25.7 Å². The Kier molecular flexibility index (Phi) is 4.32. The summed E-state index contributed by atoms with van der Waals surface area (Å²) in [6.45, 7) is 0.377. The largest absolute Gasteiger partial charge is 0.495 e. The Bertz CT molecular complexity index is 471. The third-order valence-electron chi connectivity index (χ3n) is 3.84. The first-order chi connectivity index (χ1) is 9.11. The number of hydrogen-bond acceptors (Lipinski definition) is 3. The number of ether oxygens (including phenoxy) is 1. The Morgan fingerprint density at radius 1 is 1.47 bits per heavy atom. The smallest absolute Gasteiger partial charge is 0.231 e. The van der Waals surface area contributed by atoms with Gasteiger partial charge in [-0.15, -0.1) is 0 Å². The van der Waals surface area contributed by atoms with Crippen LogP contribution < -0.4 is 15.8 Å². The number of anilines is 1. The zero-order valence-electron chi connectivity index (χ0n) is 11.0. The summed E-state index contributed by atoms with van der Waals surface area (Å²) in [5, 5.41) is 3.47. The van der Waals surface area contributed by atoms with Crippen molar-refractivity contribution in [3.63, 3.8) is 0 Å². The molecule has 4 nitrogen and oxygen atoms in total. The van der Waals surface area contributed by atoms with E-state index in [4.69, 9.17) is 22.1 Å². The van der Waals surface area contributed by atoms with Crippen molar-refractivity contribution in [2.75, 3.05) is 19.0 Å². The van der Waals surface area contributed by atoms with Crippen molar-refractivity contribution < 1.29 is 9.53 Å². The average molecular weight is 283 g/mol. The molecule has 0 heterocycles. The molecule has 0 saturated heterocycles. The second kappa shape index (κ2) is 5.80. The molecule has 1 aromatic rings. The van der Waals surface area contributed by atoms with E-state index >= 15 is 0 Å². The van der Waals surface area contributed by atoms with E-state index in [1.807, 2.05) is 0 Å². The number of benzene rings is 1. The fourth-order valence-electron chi connectivity index (χ4n) is 2.61. The van der Waals surface area contributed by atoms with Gasteiger partial charge in [0, 0.05) is 11.6 Å². The van der Waals surface area contributed by atoms with Crippen molar-refractivity contribution in [3.8, 4) is 5.75 Å². The van der Waals surface area contributed by atoms with Crippen LogP contribution in [-0.2, 0) is 4.79 Å². The lowest BCUT2D eigenvalue weighted by atomic mass is 9.85. The van der Waals surface area contributed by atoms with Crippen LogP contribution in [0.5, 0.6) is 5.75 Å². The van der Waals surface area contributed by atoms with Crippen molar-refractivity contribution in [1.29, 1.82) is 0 Å². The molecule has 0 spiro atoms. The molecule has 5 heteroatoms. The number of carbonyl (C=O) groups is 1. The Balaban J connectivity index is 2.20. The second-order valence-electron chi connectivity index (χ2n) is 4.99. The molecule has 0 bridgehead atoms. The van der Waals surface area contributed by atoms with E-state index in [1.165, 1.54) is 0 Å². The lowest BCUT2D eigenvalue weighted by Crippen LogP contribution is -2.40. The Morgan fingerprint density at radius 2 is 2.16 bits per heavy atom. The van der Waals surface area contributed by atoms with E-state index in [0.717, 1.165) is 25.7 Å². The number of amides is 1. The molecule has 1 fully saturated rings. The lowest BCUT2D eigenvalue weighted by Gasteiger charge is -2.26. The van der Waals surface area contributed by atoms with Gasteiger partial charge in [-0.25, -0.2) is 0 Å². The predicted molar refractivity (Wildman–Crippen MR) is 76.6 cm³/mol. The number of halogens is 1. The summed E-state index contributed by atoms with van der Waals surface area (Å²) in [5.74, 6) is 0.566. The number of carbonyl (C=O) groups excluding carboxylic acids is 1. The number of hydrogen-bond donors (Lipinski definition) is 2. The van der Waals surface area contributed by atoms with Crippen LogP contribution in [0.3, 0.4) is 0 Å². The SMILES string of the molecule is COc1ccc(Cl)cc1NC(=O)C1(CN)CCCC1. The highest BCUT2D eigenvalue weighted by Crippen LogP contribution is 2.39. The lowest BCUT2D eigenvalue weighted by molar-refractivity contribution is -0.124. The molecule has 1 saturated carbocycles. The molecule has 1 aromatic carbocycles. The highest BCUT2D eigenvalue weighted by molar-refractivity contribution is 6.31. The van der Waals surface area contributed by atoms with Crippen LogP contribution >= 0.6 is 11.6 Å². The first-order valence-electron chi connectivity index (χ1n) is 6.46. The fraction of sp³-hybridized carbons (Fsp3) is 0.500. The summed E-state index contributed by atoms with van der Waals surface area (Å²) < 4.78 is 5.23. The molecule has 2 rings (SSSR count). The molecule has 0 unspecified atom stereocenters. The maximum absolute atomic E-state index is 12.5. The molecular formula is C14H19ClN2O2. The van der Waals surface area contributed by atoms with E-state index in [-0.39, 0.29) is 5.91 Å². The minimum absolute atomic E-state index is 0.0342. The standard InChI is InChI=1S/C14H19ClN2O2/c1-19-12-5-4-10(15)8-11(12)17-13(18)14(9-16)6-2-3-7-14/h4-5,8H,2-3,6-7,9,16H2,1H3,(H,17,18). The van der Waals surface area contributed by atoms with Crippen molar-refractivity contribution in [3.05, 3.63) is 23.2 Å². The van der Waals surface area contributed by atoms with Crippen LogP contribution in [0.25, 0.3) is 0 Å². The minimum atomic E-state index is -0.437. The van der Waals surface area contributed by atoms with Gasteiger partial charge in [0.05, 0.1) is 18.2 Å². The van der Waals surface area contributed by atoms with Gasteiger partial charge in [-0.05, 0) is 31.0 Å². The van der Waals surface area contributed by atoms with Crippen molar-refractivity contribution in [2.45, 2.75) is 25.7 Å². The van der Waals surface area contributed by atoms with Crippen LogP contribution in [0.15, 0.2) is 18.2 Å². The van der Waals surface area contributed by atoms with Crippen LogP contribution in [-0.4, -0.2) is 19.6 Å². The van der Waals surface area contributed by atoms with E-state index in [9.17, 15) is 4.79 Å². The zero-order valence-corrected chi connectivity index (χ0v) is 11.8. The third kappa shape index (κ3) is 2.85. The normalized spacial score (nSPS) is 17.2. The van der Waals surface area contributed by atoms with Gasteiger partial charge in [0.25, 0.3) is 0 Å². The highest BCUT2D eigenvalue weighted by atomic mass is 35.5. The van der Waals surface area contributed by atoms with Gasteiger partial charge in [-0.3, -0.25) is 4.79 Å². The summed E-state index contributed by atoms with van der Waals surface area (Å²) in [5.41, 5.74) is 5.97. The molecule has 19 heavy (non-hydrogen) atoms. The first-order valence-corrected chi connectivity index (χ1v) is 6.84. The molecule has 0 atom stereocenters. The first kappa shape index (κ1) is 14.2. The van der Waals surface area contributed by atoms with Crippen molar-refractivity contribution in [2.24, 2.45) is 11.1 Å². The average Bonchev–Trinajstić information content (AvgIpc) is 2.89. The molecule has 1 aliphatic rings. The second-order valence-corrected chi connectivity index (χ2v) is 5.43. The fourth-order valence-corrected chi connectivity index (χ4v) is 2.78. The summed E-state index contributed by atoms with van der Waals surface area (Å²) >= 11 is 5.95. The maximum atomic E-state index is 12.5. The molecular weight excluding hydrogens is 264 g/mol. The van der Waals surface area contributed by atoms with Crippen molar-refractivity contribution in [1.82, 2.24) is 0 Å². The van der Waals surface area contributed by atoms with E-state index < -0.39 is 5.41 Å². The summed E-state index contributed by atoms with van der Waals surface area (Å²) in [7, 11) is 1.56. The van der Waals surface area contributed by atoms with E-state index in [2.05, 4.69) is 5.32 Å². The van der Waals surface area contributed by atoms with E-state index in [0.29, 0.717) is 23.0 Å². The molecule has 0 aliphatic heterocycles. The van der Waals surface area contributed by atoms with Crippen molar-refractivity contribution >= 4 is 23.2 Å². The molecule has 0 aromatic heterocycles. The molecule has 0 radical (unpaired) electrons. The monoisotopic (exact) mass is 282 g/mol. The topological polar surface area (TPSA) is 64.3 Å². The highest BCUT2D eigenvalue weighted by Gasteiger charge is 2.40. The Labute approximate surface area is 118 Å². The summed E-state index contributed by atoms with van der Waals surface area (Å²) in [6.07, 6.45) is 3.80. The van der Waals surface area contributed by atoms with E-state index in [1.54, 1.807) is 25.3 Å². The van der Waals surface area contributed by atoms with Gasteiger partial charge in [-0.2, -0.15) is 0 Å². The van der Waals surface area contributed by atoms with Crippen LogP contribution in [0, 0.1) is 5.41 Å². The van der Waals surface area contributed by atoms with Crippen LogP contribution in [0.2, 0.25) is 5.02 Å². The number of nitrogens with two attached hydrogens (primary N) is 1. The quantitative estimate of drug-likeness (QED) is 0.892. The molecule has 3 N–H and O–H groups in total. The third-order valence-corrected chi connectivity index (χ3v) is 4.08. The number of methoxy groups -OCH3 is 1. The van der Waals surface area contributed by atoms with Gasteiger partial charge < -0.3 is 15.8 Å². The summed E-state index contributed by atoms with van der Waals surface area (Å²) in [6, 6.07) is 5.16. The van der Waals surface area contributed by atoms with Gasteiger partial charge >= 0.3 is 0 Å². The zero-order chi connectivity index (χ0) is 13.9. The number of nitrogens with one attached hydrogen (secondary N) is 1. The minimum Gasteiger partial charge on any atom is -0.495 e. The molecule has 1 aliphatic carbocycles. The van der Waals surface area contributed by atoms with Gasteiger partial charge in [0.1, 0.15) is 5.75 Å². The molecule has 104 valence electrons. The van der Waals surface area contributed by atoms with Gasteiger partial charge in [-0.1, -0.05) is 24.4 Å². The summed E-state index contributed by atoms with van der Waals surface area (Å²) in [4.78, 5) is 12.5. The molecule has 1 amide bonds. The predicted octanol–water partition coefficient (Wildman–Crippen LogP) is 2.81. The van der Waals surface area contributed by atoms with Crippen LogP contribution in [0.4, 0.5) is 5.69 Å². The van der Waals surface area contributed by atoms with Gasteiger partial charge in [0.2, 0.25) is 5.91 Å². The maximum Gasteiger partial charge on any atom is 0.231 e. The Hall–Kier alpha value is -1.26. The Morgan fingerprint density at radius 3 is 2.74 bits per heavy atom. The number of rotatable bonds is 4. The van der Waals surface area contributed by atoms with Gasteiger partial charge in [0.15, 0.2) is 0 Å².